The zero-order valence-electron chi connectivity index (χ0n) is 10.7. The number of hydrogen-bond acceptors (Lipinski definition) is 1. The highest BCUT2D eigenvalue weighted by Gasteiger charge is 2.17. The fourth-order valence-corrected chi connectivity index (χ4v) is 1.76. The Balaban J connectivity index is 3.09. The second-order valence-corrected chi connectivity index (χ2v) is 5.38. The summed E-state index contributed by atoms with van der Waals surface area (Å²) >= 11 is 0. The molecule has 0 radical (unpaired) electrons. The summed E-state index contributed by atoms with van der Waals surface area (Å²) in [5.41, 5.74) is 7.80. The van der Waals surface area contributed by atoms with E-state index in [-0.39, 0.29) is 17.3 Å². The summed E-state index contributed by atoms with van der Waals surface area (Å²) < 4.78 is 13.7. The molecule has 0 heterocycles. The fourth-order valence-electron chi connectivity index (χ4n) is 1.76. The second kappa shape index (κ2) is 4.96. The molecular formula is C14H22FN. The van der Waals surface area contributed by atoms with Gasteiger partial charge < -0.3 is 5.73 Å². The van der Waals surface area contributed by atoms with E-state index in [1.54, 1.807) is 0 Å². The summed E-state index contributed by atoms with van der Waals surface area (Å²) in [6.07, 6.45) is 1.80. The molecule has 0 spiro atoms. The zero-order chi connectivity index (χ0) is 12.3. The molecule has 1 aromatic rings. The van der Waals surface area contributed by atoms with Gasteiger partial charge in [0.1, 0.15) is 5.82 Å². The van der Waals surface area contributed by atoms with Gasteiger partial charge in [-0.25, -0.2) is 4.39 Å². The van der Waals surface area contributed by atoms with Crippen molar-refractivity contribution in [3.8, 4) is 0 Å². The number of hydrogen-bond donors (Lipinski definition) is 1. The van der Waals surface area contributed by atoms with Crippen molar-refractivity contribution >= 4 is 0 Å². The van der Waals surface area contributed by atoms with Gasteiger partial charge in [-0.3, -0.25) is 0 Å². The molecule has 1 aromatic carbocycles. The monoisotopic (exact) mass is 223 g/mol. The Bertz CT molecular complexity index is 352. The van der Waals surface area contributed by atoms with Gasteiger partial charge in [0.25, 0.3) is 0 Å². The number of rotatable bonds is 3. The van der Waals surface area contributed by atoms with Gasteiger partial charge in [-0.1, -0.05) is 46.2 Å². The standard InChI is InChI=1S/C14H22FN/c1-5-6-13(16)11-9-10(14(2,3)4)7-8-12(11)15/h7-9,13H,5-6,16H2,1-4H3. The van der Waals surface area contributed by atoms with Crippen LogP contribution in [0.5, 0.6) is 0 Å². The van der Waals surface area contributed by atoms with Gasteiger partial charge in [-0.2, -0.15) is 0 Å². The van der Waals surface area contributed by atoms with Gasteiger partial charge in [0.15, 0.2) is 0 Å². The Hall–Kier alpha value is -0.890. The van der Waals surface area contributed by atoms with Gasteiger partial charge >= 0.3 is 0 Å². The minimum absolute atomic E-state index is 0.0361. The average molecular weight is 223 g/mol. The second-order valence-electron chi connectivity index (χ2n) is 5.38. The molecule has 1 unspecified atom stereocenters. The molecule has 0 amide bonds. The number of nitrogens with two attached hydrogens (primary N) is 1. The summed E-state index contributed by atoms with van der Waals surface area (Å²) in [6, 6.07) is 5.10. The molecule has 0 aromatic heterocycles. The van der Waals surface area contributed by atoms with E-state index in [4.69, 9.17) is 5.73 Å². The van der Waals surface area contributed by atoms with Crippen LogP contribution in [-0.2, 0) is 5.41 Å². The lowest BCUT2D eigenvalue weighted by Crippen LogP contribution is -2.16. The third-order valence-electron chi connectivity index (χ3n) is 2.86. The van der Waals surface area contributed by atoms with Crippen LogP contribution in [0.2, 0.25) is 0 Å². The van der Waals surface area contributed by atoms with Crippen LogP contribution >= 0.6 is 0 Å². The molecule has 0 bridgehead atoms. The van der Waals surface area contributed by atoms with Crippen LogP contribution in [0.4, 0.5) is 4.39 Å². The average Bonchev–Trinajstić information content (AvgIpc) is 2.16. The lowest BCUT2D eigenvalue weighted by atomic mass is 9.85. The molecule has 2 heteroatoms. The number of benzene rings is 1. The van der Waals surface area contributed by atoms with Crippen LogP contribution in [0.1, 0.15) is 57.7 Å². The van der Waals surface area contributed by atoms with Crippen molar-refractivity contribution in [3.63, 3.8) is 0 Å². The topological polar surface area (TPSA) is 26.0 Å². The van der Waals surface area contributed by atoms with Crippen molar-refractivity contribution in [1.29, 1.82) is 0 Å². The van der Waals surface area contributed by atoms with Crippen molar-refractivity contribution in [2.24, 2.45) is 5.73 Å². The van der Waals surface area contributed by atoms with E-state index in [1.165, 1.54) is 6.07 Å². The first-order chi connectivity index (χ1) is 7.36. The third kappa shape index (κ3) is 3.05. The van der Waals surface area contributed by atoms with Crippen LogP contribution in [0.3, 0.4) is 0 Å². The molecule has 0 aliphatic carbocycles. The highest BCUT2D eigenvalue weighted by Crippen LogP contribution is 2.27. The SMILES string of the molecule is CCCC(N)c1cc(C(C)(C)C)ccc1F. The van der Waals surface area contributed by atoms with E-state index in [2.05, 4.69) is 27.7 Å². The minimum atomic E-state index is -0.188. The van der Waals surface area contributed by atoms with Crippen LogP contribution in [0.25, 0.3) is 0 Å². The molecule has 0 saturated heterocycles. The quantitative estimate of drug-likeness (QED) is 0.825. The molecule has 2 N–H and O–H groups in total. The van der Waals surface area contributed by atoms with Crippen LogP contribution in [0, 0.1) is 5.82 Å². The first-order valence-electron chi connectivity index (χ1n) is 5.91. The highest BCUT2D eigenvalue weighted by molar-refractivity contribution is 5.31. The lowest BCUT2D eigenvalue weighted by Gasteiger charge is -2.21. The Morgan fingerprint density at radius 2 is 1.94 bits per heavy atom. The molecular weight excluding hydrogens is 201 g/mol. The summed E-state index contributed by atoms with van der Waals surface area (Å²) in [6.45, 7) is 8.42. The predicted molar refractivity (Wildman–Crippen MR) is 66.9 cm³/mol. The smallest absolute Gasteiger partial charge is 0.127 e. The van der Waals surface area contributed by atoms with Gasteiger partial charge in [-0.05, 0) is 23.5 Å². The zero-order valence-corrected chi connectivity index (χ0v) is 10.7. The maximum atomic E-state index is 13.7. The predicted octanol–water partition coefficient (Wildman–Crippen LogP) is 3.92. The van der Waals surface area contributed by atoms with E-state index < -0.39 is 0 Å². The summed E-state index contributed by atoms with van der Waals surface area (Å²) in [4.78, 5) is 0. The molecule has 16 heavy (non-hydrogen) atoms. The maximum absolute atomic E-state index is 13.7. The van der Waals surface area contributed by atoms with Gasteiger partial charge in [0.05, 0.1) is 0 Å². The summed E-state index contributed by atoms with van der Waals surface area (Å²) in [7, 11) is 0. The van der Waals surface area contributed by atoms with E-state index >= 15 is 0 Å². The normalized spacial score (nSPS) is 13.9. The molecule has 1 nitrogen and oxygen atoms in total. The minimum Gasteiger partial charge on any atom is -0.324 e. The van der Waals surface area contributed by atoms with E-state index in [9.17, 15) is 4.39 Å². The molecule has 1 atom stereocenters. The van der Waals surface area contributed by atoms with Crippen molar-refractivity contribution in [2.45, 2.75) is 52.0 Å². The van der Waals surface area contributed by atoms with E-state index in [0.717, 1.165) is 18.4 Å². The summed E-state index contributed by atoms with van der Waals surface area (Å²) in [5, 5.41) is 0. The van der Waals surface area contributed by atoms with Crippen molar-refractivity contribution in [1.82, 2.24) is 0 Å². The van der Waals surface area contributed by atoms with Crippen LogP contribution in [0.15, 0.2) is 18.2 Å². The van der Waals surface area contributed by atoms with Crippen LogP contribution in [-0.4, -0.2) is 0 Å². The third-order valence-corrected chi connectivity index (χ3v) is 2.86. The fraction of sp³-hybridized carbons (Fsp3) is 0.571. The Morgan fingerprint density at radius 1 is 1.31 bits per heavy atom. The number of halogens is 1. The van der Waals surface area contributed by atoms with Crippen LogP contribution < -0.4 is 5.73 Å². The van der Waals surface area contributed by atoms with E-state index in [0.29, 0.717) is 5.56 Å². The molecule has 0 aliphatic heterocycles. The first-order valence-corrected chi connectivity index (χ1v) is 5.91. The Kier molecular flexibility index (Phi) is 4.09. The summed E-state index contributed by atoms with van der Waals surface area (Å²) in [5.74, 6) is -0.186. The van der Waals surface area contributed by atoms with Gasteiger partial charge in [0, 0.05) is 11.6 Å². The molecule has 1 rings (SSSR count). The largest absolute Gasteiger partial charge is 0.324 e. The molecule has 90 valence electrons. The van der Waals surface area contributed by atoms with Crippen molar-refractivity contribution < 1.29 is 4.39 Å². The lowest BCUT2D eigenvalue weighted by molar-refractivity contribution is 0.546. The molecule has 0 aliphatic rings. The van der Waals surface area contributed by atoms with Gasteiger partial charge in [-0.15, -0.1) is 0 Å². The maximum Gasteiger partial charge on any atom is 0.127 e. The molecule has 0 saturated carbocycles. The Morgan fingerprint density at radius 3 is 2.44 bits per heavy atom. The molecule has 0 fully saturated rings. The van der Waals surface area contributed by atoms with Crippen molar-refractivity contribution in [2.75, 3.05) is 0 Å². The van der Waals surface area contributed by atoms with E-state index in [1.807, 2.05) is 12.1 Å². The first kappa shape index (κ1) is 13.2. The van der Waals surface area contributed by atoms with Crippen molar-refractivity contribution in [3.05, 3.63) is 35.1 Å². The Labute approximate surface area is 97.9 Å². The highest BCUT2D eigenvalue weighted by atomic mass is 19.1. The van der Waals surface area contributed by atoms with Gasteiger partial charge in [0.2, 0.25) is 0 Å².